The third kappa shape index (κ3) is 7.88. The van der Waals surface area contributed by atoms with Gasteiger partial charge in [-0.15, -0.1) is 0 Å². The lowest BCUT2D eigenvalue weighted by atomic mass is 10.1. The number of benzene rings is 3. The quantitative estimate of drug-likeness (QED) is 0.137. The first-order chi connectivity index (χ1) is 19.4. The van der Waals surface area contributed by atoms with E-state index in [1.54, 1.807) is 34.1 Å². The monoisotopic (exact) mass is 567 g/mol. The second-order valence-electron chi connectivity index (χ2n) is 8.72. The molecule has 0 saturated carbocycles. The average Bonchev–Trinajstić information content (AvgIpc) is 3.43. The van der Waals surface area contributed by atoms with Crippen LogP contribution in [0.25, 0.3) is 11.3 Å². The number of ether oxygens (including phenoxy) is 4. The Morgan fingerprint density at radius 3 is 1.80 bits per heavy atom. The van der Waals surface area contributed by atoms with Crippen LogP contribution in [0.15, 0.2) is 77.3 Å². The molecular weight excluding hydrogens is 533 g/mol. The second-order valence-corrected chi connectivity index (χ2v) is 10.8. The molecule has 3 aromatic carbocycles. The molecule has 0 aliphatic rings. The number of aromatic nitrogens is 1. The number of rotatable bonds is 15. The zero-order valence-corrected chi connectivity index (χ0v) is 24.0. The summed E-state index contributed by atoms with van der Waals surface area (Å²) in [4.78, 5) is 0. The predicted molar refractivity (Wildman–Crippen MR) is 151 cm³/mol. The van der Waals surface area contributed by atoms with Crippen LogP contribution in [-0.2, 0) is 33.0 Å². The molecule has 4 aromatic rings. The molecule has 1 heterocycles. The van der Waals surface area contributed by atoms with Gasteiger partial charge in [0.25, 0.3) is 0 Å². The van der Waals surface area contributed by atoms with Crippen molar-refractivity contribution in [3.63, 3.8) is 0 Å². The van der Waals surface area contributed by atoms with E-state index in [1.165, 1.54) is 0 Å². The lowest BCUT2D eigenvalue weighted by Gasteiger charge is -2.15. The number of methoxy groups -OCH3 is 2. The molecule has 0 spiro atoms. The third-order valence-electron chi connectivity index (χ3n) is 5.91. The Bertz CT molecular complexity index is 1390. The fourth-order valence-electron chi connectivity index (χ4n) is 3.90. The van der Waals surface area contributed by atoms with Crippen LogP contribution in [0.4, 0.5) is 0 Å². The van der Waals surface area contributed by atoms with Gasteiger partial charge in [0.1, 0.15) is 42.3 Å². The predicted octanol–water partition coefficient (Wildman–Crippen LogP) is 7.28. The second kappa shape index (κ2) is 14.0. The van der Waals surface area contributed by atoms with Gasteiger partial charge in [-0.3, -0.25) is 4.57 Å². The van der Waals surface area contributed by atoms with Crippen LogP contribution < -0.4 is 18.9 Å². The minimum absolute atomic E-state index is 0.00837. The minimum atomic E-state index is -3.33. The maximum Gasteiger partial charge on any atom is 0.338 e. The van der Waals surface area contributed by atoms with Crippen LogP contribution in [0, 0.1) is 0 Å². The summed E-state index contributed by atoms with van der Waals surface area (Å²) in [6.07, 6.45) is -0.00837. The van der Waals surface area contributed by atoms with Crippen LogP contribution in [-0.4, -0.2) is 32.6 Å². The van der Waals surface area contributed by atoms with E-state index in [0.717, 1.165) is 28.2 Å². The normalized spacial score (nSPS) is 11.3. The van der Waals surface area contributed by atoms with E-state index in [1.807, 2.05) is 66.7 Å². The van der Waals surface area contributed by atoms with Crippen LogP contribution >= 0.6 is 7.60 Å². The maximum atomic E-state index is 12.9. The minimum Gasteiger partial charge on any atom is -0.497 e. The van der Waals surface area contributed by atoms with Gasteiger partial charge in [0.05, 0.1) is 27.4 Å². The fourth-order valence-corrected chi connectivity index (χ4v) is 5.48. The van der Waals surface area contributed by atoms with Gasteiger partial charge in [-0.2, -0.15) is 0 Å². The highest BCUT2D eigenvalue weighted by Gasteiger charge is 2.27. The molecule has 0 unspecified atom stereocenters. The fraction of sp³-hybridized carbons (Fsp3) is 0.300. The van der Waals surface area contributed by atoms with Crippen molar-refractivity contribution in [1.29, 1.82) is 0 Å². The van der Waals surface area contributed by atoms with Crippen molar-refractivity contribution in [3.05, 3.63) is 89.7 Å². The van der Waals surface area contributed by atoms with E-state index in [4.69, 9.17) is 32.5 Å². The lowest BCUT2D eigenvalue weighted by Crippen LogP contribution is -2.01. The van der Waals surface area contributed by atoms with Gasteiger partial charge in [0.15, 0.2) is 11.5 Å². The Morgan fingerprint density at radius 2 is 1.27 bits per heavy atom. The molecule has 1 aromatic heterocycles. The van der Waals surface area contributed by atoms with Gasteiger partial charge in [-0.1, -0.05) is 29.4 Å². The highest BCUT2D eigenvalue weighted by atomic mass is 31.2. The SMILES string of the molecule is CCOP(=O)(Cc1cc(-c2ccc(OCc3ccc(OC)cc3)c(OCc3ccc(OC)cc3)c2)no1)OCC. The highest BCUT2D eigenvalue weighted by molar-refractivity contribution is 7.53. The first-order valence-corrected chi connectivity index (χ1v) is 14.7. The first-order valence-electron chi connectivity index (χ1n) is 12.9. The van der Waals surface area contributed by atoms with Crippen LogP contribution in [0.1, 0.15) is 30.7 Å². The summed E-state index contributed by atoms with van der Waals surface area (Å²) in [6, 6.07) is 22.6. The van der Waals surface area contributed by atoms with Crippen molar-refractivity contribution in [1.82, 2.24) is 5.16 Å². The molecule has 9 nitrogen and oxygen atoms in total. The molecular formula is C30H34NO8P. The molecule has 0 fully saturated rings. The summed E-state index contributed by atoms with van der Waals surface area (Å²) < 4.78 is 52.0. The van der Waals surface area contributed by atoms with Crippen molar-refractivity contribution in [2.24, 2.45) is 0 Å². The van der Waals surface area contributed by atoms with E-state index < -0.39 is 7.60 Å². The Morgan fingerprint density at radius 1 is 0.725 bits per heavy atom. The topological polar surface area (TPSA) is 98.5 Å². The van der Waals surface area contributed by atoms with E-state index in [2.05, 4.69) is 5.16 Å². The van der Waals surface area contributed by atoms with Crippen molar-refractivity contribution in [2.75, 3.05) is 27.4 Å². The molecule has 0 bridgehead atoms. The number of hydrogen-bond acceptors (Lipinski definition) is 9. The summed E-state index contributed by atoms with van der Waals surface area (Å²) >= 11 is 0. The smallest absolute Gasteiger partial charge is 0.338 e. The van der Waals surface area contributed by atoms with Gasteiger partial charge in [-0.25, -0.2) is 0 Å². The van der Waals surface area contributed by atoms with E-state index >= 15 is 0 Å². The molecule has 0 radical (unpaired) electrons. The highest BCUT2D eigenvalue weighted by Crippen LogP contribution is 2.51. The summed E-state index contributed by atoms with van der Waals surface area (Å²) in [7, 11) is -0.0635. The summed E-state index contributed by atoms with van der Waals surface area (Å²) in [5.74, 6) is 3.08. The van der Waals surface area contributed by atoms with Gasteiger partial charge < -0.3 is 32.5 Å². The third-order valence-corrected chi connectivity index (χ3v) is 7.91. The number of hydrogen-bond donors (Lipinski definition) is 0. The molecule has 0 aliphatic carbocycles. The molecule has 10 heteroatoms. The van der Waals surface area contributed by atoms with Crippen molar-refractivity contribution in [2.45, 2.75) is 33.2 Å². The summed E-state index contributed by atoms with van der Waals surface area (Å²) in [5, 5.41) is 4.18. The van der Waals surface area contributed by atoms with Gasteiger partial charge in [-0.05, 0) is 67.4 Å². The van der Waals surface area contributed by atoms with Crippen LogP contribution in [0.2, 0.25) is 0 Å². The summed E-state index contributed by atoms with van der Waals surface area (Å²) in [5.41, 5.74) is 3.27. The first kappa shape index (κ1) is 29.2. The van der Waals surface area contributed by atoms with Crippen LogP contribution in [0.3, 0.4) is 0 Å². The largest absolute Gasteiger partial charge is 0.497 e. The summed E-state index contributed by atoms with van der Waals surface area (Å²) in [6.45, 7) is 4.74. The zero-order chi connectivity index (χ0) is 28.4. The molecule has 0 aliphatic heterocycles. The molecule has 212 valence electrons. The van der Waals surface area contributed by atoms with Crippen molar-refractivity contribution >= 4 is 7.60 Å². The molecule has 0 amide bonds. The average molecular weight is 568 g/mol. The molecule has 4 rings (SSSR count). The zero-order valence-electron chi connectivity index (χ0n) is 23.1. The van der Waals surface area contributed by atoms with E-state index in [-0.39, 0.29) is 19.4 Å². The van der Waals surface area contributed by atoms with Crippen molar-refractivity contribution in [3.8, 4) is 34.3 Å². The van der Waals surface area contributed by atoms with Gasteiger partial charge in [0.2, 0.25) is 0 Å². The lowest BCUT2D eigenvalue weighted by molar-refractivity contribution is 0.216. The Kier molecular flexibility index (Phi) is 10.2. The van der Waals surface area contributed by atoms with Gasteiger partial charge in [0, 0.05) is 11.6 Å². The molecule has 0 atom stereocenters. The van der Waals surface area contributed by atoms with Crippen molar-refractivity contribution < 1.29 is 37.1 Å². The van der Waals surface area contributed by atoms with Crippen LogP contribution in [0.5, 0.6) is 23.0 Å². The maximum absolute atomic E-state index is 12.9. The Labute approximate surface area is 234 Å². The Hall–Kier alpha value is -3.78. The molecule has 0 N–H and O–H groups in total. The van der Waals surface area contributed by atoms with Gasteiger partial charge >= 0.3 is 7.60 Å². The van der Waals surface area contributed by atoms with E-state index in [0.29, 0.717) is 36.2 Å². The molecule has 0 saturated heterocycles. The Balaban J connectivity index is 1.55. The molecule has 40 heavy (non-hydrogen) atoms. The van der Waals surface area contributed by atoms with E-state index in [9.17, 15) is 4.57 Å². The number of nitrogens with zero attached hydrogens (tertiary/aromatic N) is 1. The standard InChI is InChI=1S/C30H34NO8P/c1-5-37-40(32,38-6-2)21-27-18-28(31-39-27)24-11-16-29(35-19-22-7-12-25(33-3)13-8-22)30(17-24)36-20-23-9-14-26(34-4)15-10-23/h7-18H,5-6,19-21H2,1-4H3.